The number of nitrogens with zero attached hydrogens (tertiary/aromatic N) is 1. The molecule has 1 aromatic heterocycles. The summed E-state index contributed by atoms with van der Waals surface area (Å²) >= 11 is 0. The number of rotatable bonds is 5. The minimum absolute atomic E-state index is 0.00818. The molecule has 1 heterocycles. The normalized spacial score (nSPS) is 10.6. The summed E-state index contributed by atoms with van der Waals surface area (Å²) in [5, 5.41) is 16.5. The van der Waals surface area contributed by atoms with E-state index in [0.29, 0.717) is 0 Å². The molecule has 0 atom stereocenters. The van der Waals surface area contributed by atoms with Crippen molar-refractivity contribution in [1.82, 2.24) is 10.2 Å². The van der Waals surface area contributed by atoms with Crippen molar-refractivity contribution in [1.29, 1.82) is 0 Å². The maximum absolute atomic E-state index is 9.34. The highest BCUT2D eigenvalue weighted by molar-refractivity contribution is 5.64. The molecule has 4 heteroatoms. The van der Waals surface area contributed by atoms with E-state index in [1.54, 1.807) is 0 Å². The molecule has 0 saturated heterocycles. The van der Waals surface area contributed by atoms with Gasteiger partial charge in [-0.15, -0.1) is 0 Å². The minimum atomic E-state index is -0.00818. The monoisotopic (exact) mass is 246 g/mol. The smallest absolute Gasteiger partial charge is 0.119 e. The second-order valence-corrected chi connectivity index (χ2v) is 4.21. The quantitative estimate of drug-likeness (QED) is 0.852. The Hall–Kier alpha value is -1.81. The summed E-state index contributed by atoms with van der Waals surface area (Å²) in [7, 11) is 0. The predicted molar refractivity (Wildman–Crippen MR) is 70.5 cm³/mol. The van der Waals surface area contributed by atoms with Crippen molar-refractivity contribution in [2.45, 2.75) is 26.9 Å². The lowest BCUT2D eigenvalue weighted by molar-refractivity contribution is 0.281. The van der Waals surface area contributed by atoms with Gasteiger partial charge in [0.25, 0.3) is 0 Å². The van der Waals surface area contributed by atoms with Gasteiger partial charge < -0.3 is 9.84 Å². The number of H-pyrrole nitrogens is 1. The first-order valence-corrected chi connectivity index (χ1v) is 6.14. The number of hydrogen-bond acceptors (Lipinski definition) is 3. The van der Waals surface area contributed by atoms with Gasteiger partial charge >= 0.3 is 0 Å². The Morgan fingerprint density at radius 1 is 1.28 bits per heavy atom. The maximum atomic E-state index is 9.34. The average molecular weight is 246 g/mol. The van der Waals surface area contributed by atoms with Gasteiger partial charge in [-0.05, 0) is 37.6 Å². The minimum Gasteiger partial charge on any atom is -0.494 e. The highest BCUT2D eigenvalue weighted by atomic mass is 16.5. The number of aromatic nitrogens is 2. The molecule has 0 radical (unpaired) electrons. The van der Waals surface area contributed by atoms with Crippen LogP contribution < -0.4 is 4.74 Å². The molecule has 1 aromatic carbocycles. The molecule has 2 aromatic rings. The number of hydrogen-bond donors (Lipinski definition) is 2. The Morgan fingerprint density at radius 3 is 2.61 bits per heavy atom. The van der Waals surface area contributed by atoms with E-state index < -0.39 is 0 Å². The van der Waals surface area contributed by atoms with Crippen LogP contribution in [0.2, 0.25) is 0 Å². The van der Waals surface area contributed by atoms with Crippen LogP contribution in [0.25, 0.3) is 11.3 Å². The van der Waals surface area contributed by atoms with E-state index in [0.717, 1.165) is 41.3 Å². The van der Waals surface area contributed by atoms with E-state index >= 15 is 0 Å². The molecular weight excluding hydrogens is 228 g/mol. The molecule has 0 saturated carbocycles. The largest absolute Gasteiger partial charge is 0.494 e. The standard InChI is InChI=1S/C14H18N2O2/c1-3-8-18-12-6-4-11(5-7-12)14-13(9-17)10(2)15-16-14/h4-7,17H,3,8-9H2,1-2H3,(H,15,16). The number of aliphatic hydroxyl groups is 1. The second kappa shape index (κ2) is 5.69. The van der Waals surface area contributed by atoms with E-state index in [2.05, 4.69) is 17.1 Å². The molecule has 2 rings (SSSR count). The first-order chi connectivity index (χ1) is 8.76. The van der Waals surface area contributed by atoms with Gasteiger partial charge in [-0.2, -0.15) is 5.10 Å². The summed E-state index contributed by atoms with van der Waals surface area (Å²) in [6, 6.07) is 7.77. The van der Waals surface area contributed by atoms with Crippen molar-refractivity contribution in [2.75, 3.05) is 6.61 Å². The lowest BCUT2D eigenvalue weighted by atomic mass is 10.1. The zero-order valence-corrected chi connectivity index (χ0v) is 10.7. The van der Waals surface area contributed by atoms with Crippen molar-refractivity contribution in [3.63, 3.8) is 0 Å². The third-order valence-corrected chi connectivity index (χ3v) is 2.83. The summed E-state index contributed by atoms with van der Waals surface area (Å²) in [6.45, 7) is 4.70. The highest BCUT2D eigenvalue weighted by Gasteiger charge is 2.11. The van der Waals surface area contributed by atoms with Gasteiger partial charge in [0.05, 0.1) is 18.9 Å². The van der Waals surface area contributed by atoms with Crippen molar-refractivity contribution in [3.8, 4) is 17.0 Å². The molecule has 0 aliphatic carbocycles. The van der Waals surface area contributed by atoms with Crippen LogP contribution in [0.3, 0.4) is 0 Å². The number of nitrogens with one attached hydrogen (secondary N) is 1. The Kier molecular flexibility index (Phi) is 3.99. The molecule has 0 fully saturated rings. The Balaban J connectivity index is 2.23. The zero-order valence-electron chi connectivity index (χ0n) is 10.7. The van der Waals surface area contributed by atoms with Gasteiger partial charge in [-0.25, -0.2) is 0 Å². The van der Waals surface area contributed by atoms with Gasteiger partial charge in [0.15, 0.2) is 0 Å². The van der Waals surface area contributed by atoms with Gasteiger partial charge in [-0.3, -0.25) is 5.10 Å². The highest BCUT2D eigenvalue weighted by Crippen LogP contribution is 2.25. The number of ether oxygens (including phenoxy) is 1. The molecule has 0 aliphatic rings. The fourth-order valence-corrected chi connectivity index (χ4v) is 1.81. The Bertz CT molecular complexity index is 503. The molecule has 96 valence electrons. The maximum Gasteiger partial charge on any atom is 0.119 e. The number of benzene rings is 1. The predicted octanol–water partition coefficient (Wildman–Crippen LogP) is 2.67. The second-order valence-electron chi connectivity index (χ2n) is 4.21. The first-order valence-electron chi connectivity index (χ1n) is 6.14. The zero-order chi connectivity index (χ0) is 13.0. The van der Waals surface area contributed by atoms with Crippen LogP contribution in [0.4, 0.5) is 0 Å². The van der Waals surface area contributed by atoms with Gasteiger partial charge in [-0.1, -0.05) is 6.92 Å². The Labute approximate surface area is 107 Å². The topological polar surface area (TPSA) is 58.1 Å². The van der Waals surface area contributed by atoms with E-state index in [-0.39, 0.29) is 6.61 Å². The third-order valence-electron chi connectivity index (χ3n) is 2.83. The molecule has 0 amide bonds. The number of aromatic amines is 1. The SMILES string of the molecule is CCCOc1ccc(-c2n[nH]c(C)c2CO)cc1. The van der Waals surface area contributed by atoms with Crippen molar-refractivity contribution in [3.05, 3.63) is 35.5 Å². The molecule has 0 bridgehead atoms. The van der Waals surface area contributed by atoms with Crippen molar-refractivity contribution >= 4 is 0 Å². The first kappa shape index (κ1) is 12.6. The molecule has 0 spiro atoms. The Morgan fingerprint density at radius 2 is 2.00 bits per heavy atom. The van der Waals surface area contributed by atoms with Crippen LogP contribution in [0, 0.1) is 6.92 Å². The van der Waals surface area contributed by atoms with Crippen LogP contribution in [0.1, 0.15) is 24.6 Å². The summed E-state index contributed by atoms with van der Waals surface area (Å²) in [5.74, 6) is 0.860. The van der Waals surface area contributed by atoms with E-state index in [9.17, 15) is 5.11 Å². The average Bonchev–Trinajstić information content (AvgIpc) is 2.78. The van der Waals surface area contributed by atoms with E-state index in [1.807, 2.05) is 31.2 Å². The van der Waals surface area contributed by atoms with Gasteiger partial charge in [0.1, 0.15) is 5.75 Å². The fourth-order valence-electron chi connectivity index (χ4n) is 1.81. The number of aliphatic hydroxyl groups excluding tert-OH is 1. The van der Waals surface area contributed by atoms with Crippen LogP contribution in [0.5, 0.6) is 5.75 Å². The van der Waals surface area contributed by atoms with Gasteiger partial charge in [0, 0.05) is 16.8 Å². The van der Waals surface area contributed by atoms with Crippen molar-refractivity contribution < 1.29 is 9.84 Å². The molecule has 2 N–H and O–H groups in total. The summed E-state index contributed by atoms with van der Waals surface area (Å²) in [6.07, 6.45) is 0.995. The fraction of sp³-hybridized carbons (Fsp3) is 0.357. The number of aryl methyl sites for hydroxylation is 1. The summed E-state index contributed by atoms with van der Waals surface area (Å²) in [5.41, 5.74) is 3.53. The van der Waals surface area contributed by atoms with Crippen LogP contribution >= 0.6 is 0 Å². The molecule has 4 nitrogen and oxygen atoms in total. The summed E-state index contributed by atoms with van der Waals surface area (Å²) < 4.78 is 5.53. The van der Waals surface area contributed by atoms with Crippen molar-refractivity contribution in [2.24, 2.45) is 0 Å². The van der Waals surface area contributed by atoms with Crippen LogP contribution in [-0.4, -0.2) is 21.9 Å². The van der Waals surface area contributed by atoms with E-state index in [4.69, 9.17) is 4.74 Å². The molecular formula is C14H18N2O2. The van der Waals surface area contributed by atoms with E-state index in [1.165, 1.54) is 0 Å². The summed E-state index contributed by atoms with van der Waals surface area (Å²) in [4.78, 5) is 0. The van der Waals surface area contributed by atoms with Crippen LogP contribution in [-0.2, 0) is 6.61 Å². The van der Waals surface area contributed by atoms with Crippen LogP contribution in [0.15, 0.2) is 24.3 Å². The van der Waals surface area contributed by atoms with Gasteiger partial charge in [0.2, 0.25) is 0 Å². The molecule has 18 heavy (non-hydrogen) atoms. The molecule has 0 unspecified atom stereocenters. The lowest BCUT2D eigenvalue weighted by Gasteiger charge is -2.05. The molecule has 0 aliphatic heterocycles. The lowest BCUT2D eigenvalue weighted by Crippen LogP contribution is -1.94. The third kappa shape index (κ3) is 2.54.